The molecule has 0 saturated carbocycles. The van der Waals surface area contributed by atoms with Crippen LogP contribution in [-0.2, 0) is 15.7 Å². The zero-order valence-electron chi connectivity index (χ0n) is 12.2. The van der Waals surface area contributed by atoms with Gasteiger partial charge in [-0.25, -0.2) is 0 Å². The lowest BCUT2D eigenvalue weighted by Gasteiger charge is -2.16. The zero-order chi connectivity index (χ0) is 17.0. The van der Waals surface area contributed by atoms with Gasteiger partial charge in [0.1, 0.15) is 5.69 Å². The molecule has 1 unspecified atom stereocenters. The molecule has 1 atom stereocenters. The van der Waals surface area contributed by atoms with Crippen LogP contribution < -0.4 is 5.32 Å². The second kappa shape index (κ2) is 6.73. The van der Waals surface area contributed by atoms with Crippen LogP contribution in [0.25, 0.3) is 11.5 Å². The maximum Gasteiger partial charge on any atom is 0.471 e. The Labute approximate surface area is 128 Å². The summed E-state index contributed by atoms with van der Waals surface area (Å²) in [5.74, 6) is -1.94. The molecular formula is C13H13F3N4O3. The number of methoxy groups -OCH3 is 1. The van der Waals surface area contributed by atoms with Crippen LogP contribution in [0.2, 0.25) is 0 Å². The van der Waals surface area contributed by atoms with E-state index in [0.717, 1.165) is 0 Å². The highest BCUT2D eigenvalue weighted by molar-refractivity contribution is 5.75. The third kappa shape index (κ3) is 4.03. The molecule has 0 aliphatic rings. The first kappa shape index (κ1) is 16.9. The van der Waals surface area contributed by atoms with Crippen LogP contribution >= 0.6 is 0 Å². The fraction of sp³-hybridized carbons (Fsp3) is 0.385. The number of hydrogen-bond donors (Lipinski definition) is 1. The summed E-state index contributed by atoms with van der Waals surface area (Å²) >= 11 is 0. The highest BCUT2D eigenvalue weighted by atomic mass is 19.4. The number of ether oxygens (including phenoxy) is 1. The van der Waals surface area contributed by atoms with E-state index in [9.17, 15) is 18.0 Å². The van der Waals surface area contributed by atoms with Crippen LogP contribution in [-0.4, -0.2) is 28.1 Å². The molecule has 1 N–H and O–H groups in total. The van der Waals surface area contributed by atoms with Crippen molar-refractivity contribution in [2.75, 3.05) is 7.11 Å². The van der Waals surface area contributed by atoms with Gasteiger partial charge in [0.25, 0.3) is 0 Å². The first-order valence-electron chi connectivity index (χ1n) is 6.54. The van der Waals surface area contributed by atoms with E-state index in [0.29, 0.717) is 5.56 Å². The molecule has 0 saturated heterocycles. The van der Waals surface area contributed by atoms with E-state index >= 15 is 0 Å². The summed E-state index contributed by atoms with van der Waals surface area (Å²) in [4.78, 5) is 18.6. The maximum atomic E-state index is 12.4. The predicted molar refractivity (Wildman–Crippen MR) is 70.7 cm³/mol. The molecular weight excluding hydrogens is 317 g/mol. The van der Waals surface area contributed by atoms with Crippen molar-refractivity contribution in [3.8, 4) is 11.5 Å². The second-order valence-electron chi connectivity index (χ2n) is 4.43. The molecule has 10 heteroatoms. The lowest BCUT2D eigenvalue weighted by atomic mass is 10.2. The molecule has 0 spiro atoms. The van der Waals surface area contributed by atoms with E-state index in [-0.39, 0.29) is 23.8 Å². The van der Waals surface area contributed by atoms with Crippen molar-refractivity contribution in [3.05, 3.63) is 29.8 Å². The number of carbonyl (C=O) groups is 1. The number of nitrogens with one attached hydrogen (secondary N) is 1. The average molecular weight is 330 g/mol. The summed E-state index contributed by atoms with van der Waals surface area (Å²) in [6, 6.07) is 2.94. The van der Waals surface area contributed by atoms with Crippen LogP contribution in [0.3, 0.4) is 0 Å². The Morgan fingerprint density at radius 2 is 2.17 bits per heavy atom. The number of nitrogens with zero attached hydrogens (tertiary/aromatic N) is 3. The van der Waals surface area contributed by atoms with Gasteiger partial charge in [-0.05, 0) is 6.07 Å². The molecule has 124 valence electrons. The third-order valence-corrected chi connectivity index (χ3v) is 2.84. The Hall–Kier alpha value is -2.49. The number of alkyl halides is 3. The predicted octanol–water partition coefficient (Wildman–Crippen LogP) is 2.32. The largest absolute Gasteiger partial charge is 0.471 e. The Balaban J connectivity index is 2.18. The van der Waals surface area contributed by atoms with Crippen molar-refractivity contribution in [3.63, 3.8) is 0 Å². The Kier molecular flexibility index (Phi) is 4.94. The van der Waals surface area contributed by atoms with Gasteiger partial charge in [-0.3, -0.25) is 9.78 Å². The van der Waals surface area contributed by atoms with Gasteiger partial charge < -0.3 is 14.6 Å². The van der Waals surface area contributed by atoms with Crippen molar-refractivity contribution in [2.45, 2.75) is 25.7 Å². The number of aromatic nitrogens is 3. The maximum absolute atomic E-state index is 12.4. The highest BCUT2D eigenvalue weighted by Gasteiger charge is 2.38. The number of carbonyl (C=O) groups excluding carboxylic acids is 1. The number of hydrogen-bond acceptors (Lipinski definition) is 6. The van der Waals surface area contributed by atoms with Crippen LogP contribution in [0.15, 0.2) is 22.9 Å². The number of halogens is 3. The average Bonchev–Trinajstić information content (AvgIpc) is 3.02. The van der Waals surface area contributed by atoms with E-state index in [2.05, 4.69) is 25.0 Å². The summed E-state index contributed by atoms with van der Waals surface area (Å²) < 4.78 is 46.5. The topological polar surface area (TPSA) is 90.1 Å². The third-order valence-electron chi connectivity index (χ3n) is 2.84. The molecule has 0 aliphatic heterocycles. The van der Waals surface area contributed by atoms with Crippen molar-refractivity contribution in [1.29, 1.82) is 0 Å². The van der Waals surface area contributed by atoms with E-state index < -0.39 is 18.3 Å². The lowest BCUT2D eigenvalue weighted by Crippen LogP contribution is -2.28. The second-order valence-corrected chi connectivity index (χ2v) is 4.43. The van der Waals surface area contributed by atoms with Crippen LogP contribution in [0.1, 0.15) is 31.0 Å². The molecule has 0 fully saturated rings. The van der Waals surface area contributed by atoms with Crippen LogP contribution in [0.5, 0.6) is 0 Å². The van der Waals surface area contributed by atoms with Gasteiger partial charge in [0.2, 0.25) is 11.7 Å². The van der Waals surface area contributed by atoms with Crippen molar-refractivity contribution >= 4 is 5.91 Å². The summed E-state index contributed by atoms with van der Waals surface area (Å²) in [6.07, 6.45) is -3.78. The molecule has 0 aliphatic carbocycles. The molecule has 2 aromatic rings. The molecule has 2 heterocycles. The number of rotatable bonds is 5. The Morgan fingerprint density at radius 1 is 1.43 bits per heavy atom. The molecule has 0 bridgehead atoms. The zero-order valence-corrected chi connectivity index (χ0v) is 12.2. The van der Waals surface area contributed by atoms with Gasteiger partial charge in [-0.2, -0.15) is 18.2 Å². The van der Waals surface area contributed by atoms with Gasteiger partial charge in [0, 0.05) is 25.3 Å². The van der Waals surface area contributed by atoms with Gasteiger partial charge in [-0.15, -0.1) is 0 Å². The summed E-state index contributed by atoms with van der Waals surface area (Å²) in [7, 11) is 1.41. The lowest BCUT2D eigenvalue weighted by molar-refractivity contribution is -0.159. The van der Waals surface area contributed by atoms with Crippen molar-refractivity contribution < 1.29 is 27.2 Å². The van der Waals surface area contributed by atoms with E-state index in [4.69, 9.17) is 4.74 Å². The molecule has 0 radical (unpaired) electrons. The van der Waals surface area contributed by atoms with Gasteiger partial charge in [-0.1, -0.05) is 18.1 Å². The summed E-state index contributed by atoms with van der Waals surface area (Å²) in [5, 5.41) is 5.86. The number of amides is 1. The SMILES string of the molecule is CCC(=O)NC(OC)c1ccc(-c2noc(C(F)(F)F)n2)nc1. The van der Waals surface area contributed by atoms with Crippen molar-refractivity contribution in [2.24, 2.45) is 0 Å². The normalized spacial score (nSPS) is 12.9. The minimum atomic E-state index is -4.71. The standard InChI is InChI=1S/C13H13F3N4O3/c1-3-9(21)18-11(22-2)7-4-5-8(17-6-7)10-19-12(23-20-10)13(14,15)16/h4-6,11H,3H2,1-2H3,(H,18,21). The van der Waals surface area contributed by atoms with Crippen molar-refractivity contribution in [1.82, 2.24) is 20.4 Å². The van der Waals surface area contributed by atoms with Gasteiger partial charge in [0.05, 0.1) is 0 Å². The number of pyridine rings is 1. The molecule has 0 aromatic carbocycles. The highest BCUT2D eigenvalue weighted by Crippen LogP contribution is 2.29. The summed E-state index contributed by atoms with van der Waals surface area (Å²) in [5.41, 5.74) is 0.627. The van der Waals surface area contributed by atoms with E-state index in [1.165, 1.54) is 25.4 Å². The smallest absolute Gasteiger partial charge is 0.357 e. The van der Waals surface area contributed by atoms with Gasteiger partial charge in [0.15, 0.2) is 6.23 Å². The molecule has 2 aromatic heterocycles. The van der Waals surface area contributed by atoms with E-state index in [1.807, 2.05) is 0 Å². The Morgan fingerprint density at radius 3 is 2.65 bits per heavy atom. The minimum Gasteiger partial charge on any atom is -0.357 e. The molecule has 1 amide bonds. The van der Waals surface area contributed by atoms with Crippen LogP contribution in [0.4, 0.5) is 13.2 Å². The first-order chi connectivity index (χ1) is 10.8. The fourth-order valence-corrected chi connectivity index (χ4v) is 1.66. The quantitative estimate of drug-likeness (QED) is 0.846. The van der Waals surface area contributed by atoms with Gasteiger partial charge >= 0.3 is 12.1 Å². The summed E-state index contributed by atoms with van der Waals surface area (Å²) in [6.45, 7) is 1.69. The fourth-order valence-electron chi connectivity index (χ4n) is 1.66. The first-order valence-corrected chi connectivity index (χ1v) is 6.54. The molecule has 7 nitrogen and oxygen atoms in total. The molecule has 23 heavy (non-hydrogen) atoms. The monoisotopic (exact) mass is 330 g/mol. The van der Waals surface area contributed by atoms with E-state index in [1.54, 1.807) is 6.92 Å². The molecule has 2 rings (SSSR count). The Bertz CT molecular complexity index is 670. The minimum absolute atomic E-state index is 0.102. The van der Waals surface area contributed by atoms with Crippen LogP contribution in [0, 0.1) is 0 Å².